The Bertz CT molecular complexity index is 2430. The number of para-hydroxylation sites is 1. The van der Waals surface area contributed by atoms with Crippen LogP contribution in [-0.4, -0.2) is 26.4 Å². The number of nitrogens with zero attached hydrogens (tertiary/aromatic N) is 4. The zero-order valence-electron chi connectivity index (χ0n) is 31.8. The van der Waals surface area contributed by atoms with Crippen LogP contribution in [0.4, 0.5) is 0 Å². The quantitative estimate of drug-likeness (QED) is 0.176. The molecule has 6 nitrogen and oxygen atoms in total. The Morgan fingerprint density at radius 1 is 0.608 bits per heavy atom. The molecule has 0 saturated heterocycles. The summed E-state index contributed by atoms with van der Waals surface area (Å²) in [6, 6.07) is 29.6. The van der Waals surface area contributed by atoms with E-state index in [1.165, 1.54) is 27.6 Å². The van der Waals surface area contributed by atoms with E-state index in [4.69, 9.17) is 19.6 Å². The van der Waals surface area contributed by atoms with E-state index in [2.05, 4.69) is 157 Å². The summed E-state index contributed by atoms with van der Waals surface area (Å²) in [7, 11) is 1.73. The van der Waals surface area contributed by atoms with Crippen molar-refractivity contribution in [1.82, 2.24) is 19.3 Å². The lowest BCUT2D eigenvalue weighted by Gasteiger charge is -2.26. The SMILES string of the molecule is COc1cc(C)c(-c2c(C(C)(C)C)nn(-c3cc(C)cc(Oc4ccc5c6ccccc6n(-c6cc(C)ccn6)c5c4)c3)c2C(C)(C)C)c(C)c1. The fourth-order valence-corrected chi connectivity index (χ4v) is 7.44. The summed E-state index contributed by atoms with van der Waals surface area (Å²) in [5.74, 6) is 3.27. The molecule has 0 saturated carbocycles. The van der Waals surface area contributed by atoms with Crippen molar-refractivity contribution in [1.29, 1.82) is 0 Å². The Balaban J connectivity index is 1.39. The second-order valence-electron chi connectivity index (χ2n) is 15.9. The Morgan fingerprint density at radius 2 is 1.31 bits per heavy atom. The number of benzene rings is 4. The third-order valence-electron chi connectivity index (χ3n) is 9.59. The van der Waals surface area contributed by atoms with Crippen molar-refractivity contribution >= 4 is 21.8 Å². The summed E-state index contributed by atoms with van der Waals surface area (Å²) in [6.07, 6.45) is 1.87. The molecule has 7 aromatic rings. The molecule has 0 bridgehead atoms. The number of aryl methyl sites for hydroxylation is 4. The van der Waals surface area contributed by atoms with Crippen molar-refractivity contribution in [3.8, 4) is 39.9 Å². The van der Waals surface area contributed by atoms with Gasteiger partial charge in [0.2, 0.25) is 0 Å². The third kappa shape index (κ3) is 6.18. The first-order valence-electron chi connectivity index (χ1n) is 17.7. The van der Waals surface area contributed by atoms with E-state index in [0.29, 0.717) is 0 Å². The van der Waals surface area contributed by atoms with E-state index in [1.54, 1.807) is 7.11 Å². The minimum Gasteiger partial charge on any atom is -0.497 e. The molecule has 0 aliphatic carbocycles. The summed E-state index contributed by atoms with van der Waals surface area (Å²) in [5.41, 5.74) is 11.9. The maximum atomic E-state index is 6.73. The first-order valence-corrected chi connectivity index (χ1v) is 17.7. The molecule has 51 heavy (non-hydrogen) atoms. The van der Waals surface area contributed by atoms with Gasteiger partial charge < -0.3 is 9.47 Å². The molecule has 7 rings (SSSR count). The minimum absolute atomic E-state index is 0.206. The molecule has 0 aliphatic heterocycles. The van der Waals surface area contributed by atoms with Gasteiger partial charge in [-0.1, -0.05) is 59.7 Å². The Hall–Kier alpha value is -5.36. The topological polar surface area (TPSA) is 54.1 Å². The highest BCUT2D eigenvalue weighted by Gasteiger charge is 2.35. The molecule has 0 radical (unpaired) electrons. The van der Waals surface area contributed by atoms with Crippen molar-refractivity contribution in [3.05, 3.63) is 125 Å². The van der Waals surface area contributed by atoms with Gasteiger partial charge >= 0.3 is 0 Å². The predicted molar refractivity (Wildman–Crippen MR) is 211 cm³/mol. The zero-order valence-corrected chi connectivity index (χ0v) is 31.8. The molecule has 4 aromatic carbocycles. The monoisotopic (exact) mass is 676 g/mol. The largest absolute Gasteiger partial charge is 0.497 e. The van der Waals surface area contributed by atoms with Crippen molar-refractivity contribution in [2.75, 3.05) is 7.11 Å². The molecule has 0 unspecified atom stereocenters. The van der Waals surface area contributed by atoms with Gasteiger partial charge in [0.15, 0.2) is 0 Å². The van der Waals surface area contributed by atoms with Gasteiger partial charge in [-0.25, -0.2) is 9.67 Å². The van der Waals surface area contributed by atoms with Crippen LogP contribution in [0, 0.1) is 27.7 Å². The van der Waals surface area contributed by atoms with E-state index in [0.717, 1.165) is 67.7 Å². The van der Waals surface area contributed by atoms with Crippen LogP contribution in [0.3, 0.4) is 0 Å². The number of aromatic nitrogens is 4. The molecule has 0 N–H and O–H groups in total. The molecule has 260 valence electrons. The Labute approximate surface area is 301 Å². The third-order valence-corrected chi connectivity index (χ3v) is 9.59. The maximum absolute atomic E-state index is 6.73. The number of rotatable bonds is 6. The van der Waals surface area contributed by atoms with Crippen LogP contribution in [-0.2, 0) is 10.8 Å². The summed E-state index contributed by atoms with van der Waals surface area (Å²) >= 11 is 0. The second kappa shape index (κ2) is 12.4. The van der Waals surface area contributed by atoms with Crippen LogP contribution < -0.4 is 9.47 Å². The molecule has 0 atom stereocenters. The van der Waals surface area contributed by atoms with Gasteiger partial charge in [-0.05, 0) is 110 Å². The highest BCUT2D eigenvalue weighted by molar-refractivity contribution is 6.09. The van der Waals surface area contributed by atoms with Gasteiger partial charge in [-0.15, -0.1) is 0 Å². The number of fused-ring (bicyclic) bond motifs is 3. The van der Waals surface area contributed by atoms with E-state index in [-0.39, 0.29) is 10.8 Å². The average Bonchev–Trinajstić information content (AvgIpc) is 3.61. The molecule has 6 heteroatoms. The van der Waals surface area contributed by atoms with Gasteiger partial charge in [0.25, 0.3) is 0 Å². The lowest BCUT2D eigenvalue weighted by Crippen LogP contribution is -2.19. The van der Waals surface area contributed by atoms with Gasteiger partial charge in [0.05, 0.1) is 35.2 Å². The average molecular weight is 677 g/mol. The Morgan fingerprint density at radius 3 is 1.98 bits per heavy atom. The first kappa shape index (κ1) is 34.1. The van der Waals surface area contributed by atoms with E-state index in [1.807, 2.05) is 12.3 Å². The van der Waals surface area contributed by atoms with Crippen molar-refractivity contribution in [2.24, 2.45) is 0 Å². The van der Waals surface area contributed by atoms with Crippen LogP contribution >= 0.6 is 0 Å². The number of hydrogen-bond acceptors (Lipinski definition) is 4. The van der Waals surface area contributed by atoms with Crippen molar-refractivity contribution < 1.29 is 9.47 Å². The molecule has 0 aliphatic rings. The number of pyridine rings is 1. The van der Waals surface area contributed by atoms with E-state index < -0.39 is 0 Å². The summed E-state index contributed by atoms with van der Waals surface area (Å²) < 4.78 is 16.8. The van der Waals surface area contributed by atoms with E-state index >= 15 is 0 Å². The molecule has 3 aromatic heterocycles. The summed E-state index contributed by atoms with van der Waals surface area (Å²) in [4.78, 5) is 4.75. The molecule has 3 heterocycles. The number of ether oxygens (including phenoxy) is 2. The van der Waals surface area contributed by atoms with Gasteiger partial charge in [0, 0.05) is 45.5 Å². The zero-order chi connectivity index (χ0) is 36.4. The molecular weight excluding hydrogens is 629 g/mol. The predicted octanol–water partition coefficient (Wildman–Crippen LogP) is 11.7. The lowest BCUT2D eigenvalue weighted by molar-refractivity contribution is 0.414. The van der Waals surface area contributed by atoms with Crippen LogP contribution in [0.5, 0.6) is 17.2 Å². The summed E-state index contributed by atoms with van der Waals surface area (Å²) in [5, 5.41) is 7.78. The molecule has 0 amide bonds. The standard InChI is InChI=1S/C45H48N4O2/c1-27-18-19-46-39(22-27)48-37-15-13-12-14-35(37)36-17-16-32(26-38(36)48)51-34-21-28(2)20-31(25-34)49-43(45(8,9)10)41(42(47-49)44(5,6)7)40-29(3)23-33(50-11)24-30(40)4/h12-26H,1-11H3. The van der Waals surface area contributed by atoms with Gasteiger partial charge in [-0.2, -0.15) is 5.10 Å². The van der Waals surface area contributed by atoms with Crippen LogP contribution in [0.1, 0.15) is 75.2 Å². The molecule has 0 spiro atoms. The fraction of sp³-hybridized carbons (Fsp3) is 0.289. The summed E-state index contributed by atoms with van der Waals surface area (Å²) in [6.45, 7) is 22.1. The molecule has 0 fully saturated rings. The lowest BCUT2D eigenvalue weighted by atomic mass is 9.79. The maximum Gasteiger partial charge on any atom is 0.137 e. The van der Waals surface area contributed by atoms with Crippen LogP contribution in [0.15, 0.2) is 91.1 Å². The van der Waals surface area contributed by atoms with Gasteiger partial charge in [0.1, 0.15) is 23.1 Å². The number of methoxy groups -OCH3 is 1. The molecular formula is C45H48N4O2. The first-order chi connectivity index (χ1) is 24.1. The van der Waals surface area contributed by atoms with Crippen LogP contribution in [0.25, 0.3) is 44.4 Å². The fourth-order valence-electron chi connectivity index (χ4n) is 7.44. The highest BCUT2D eigenvalue weighted by atomic mass is 16.5. The van der Waals surface area contributed by atoms with Crippen LogP contribution in [0.2, 0.25) is 0 Å². The normalized spacial score (nSPS) is 12.2. The second-order valence-corrected chi connectivity index (χ2v) is 15.9. The van der Waals surface area contributed by atoms with Gasteiger partial charge in [-0.3, -0.25) is 4.57 Å². The highest BCUT2D eigenvalue weighted by Crippen LogP contribution is 2.45. The van der Waals surface area contributed by atoms with Crippen molar-refractivity contribution in [2.45, 2.75) is 80.1 Å². The Kier molecular flexibility index (Phi) is 8.32. The van der Waals surface area contributed by atoms with E-state index in [9.17, 15) is 0 Å². The smallest absolute Gasteiger partial charge is 0.137 e. The van der Waals surface area contributed by atoms with Crippen molar-refractivity contribution in [3.63, 3.8) is 0 Å². The number of hydrogen-bond donors (Lipinski definition) is 0. The minimum atomic E-state index is -0.225.